The number of phosphoric ester groups is 1. The molecule has 0 rings (SSSR count). The van der Waals surface area contributed by atoms with Crippen LogP contribution in [0.4, 0.5) is 0 Å². The van der Waals surface area contributed by atoms with E-state index in [4.69, 9.17) is 13.8 Å². The summed E-state index contributed by atoms with van der Waals surface area (Å²) in [4.78, 5) is 39.8. The van der Waals surface area contributed by atoms with E-state index in [2.05, 4.69) is 62.5 Å². The average molecular weight is 992 g/mol. The number of phosphoric acid groups is 1. The molecular formula is C59H111N2O7P. The maximum absolute atomic E-state index is 13.5. The van der Waals surface area contributed by atoms with Crippen LogP contribution in [-0.2, 0) is 27.9 Å². The standard InChI is InChI=1S/C59H111N2O7P/c1-7-10-13-16-19-22-25-27-28-29-30-31-32-34-37-39-42-45-48-51-58(62)60-56(55-67-69(64,65)66-54-53-61(4,5)6)57(50-47-44-41-38-36-33-26-23-20-17-14-11-8-2)68-59(63)52-49-46-43-40-35-24-21-18-15-12-9-3/h19,22,27-28,30-31,47,50,56-57H,7-18,20-21,23-26,29,32-46,48-49,51-55H2,1-6H3,(H-,60,62,64,65)/b22-19-,28-27-,31-30-,50-47+. The van der Waals surface area contributed by atoms with Crippen LogP contribution in [0.1, 0.15) is 265 Å². The number of carbonyl (C=O) groups excluding carboxylic acids is 2. The van der Waals surface area contributed by atoms with E-state index >= 15 is 0 Å². The molecule has 0 spiro atoms. The Hall–Kier alpha value is -2.03. The molecule has 69 heavy (non-hydrogen) atoms. The number of amides is 1. The number of rotatable bonds is 52. The fourth-order valence-corrected chi connectivity index (χ4v) is 8.96. The molecule has 0 saturated heterocycles. The number of nitrogens with one attached hydrogen (secondary N) is 1. The van der Waals surface area contributed by atoms with E-state index in [9.17, 15) is 19.0 Å². The Bertz CT molecular complexity index is 1330. The molecule has 0 bridgehead atoms. The Morgan fingerprint density at radius 2 is 0.884 bits per heavy atom. The summed E-state index contributed by atoms with van der Waals surface area (Å²) in [5.74, 6) is -0.551. The number of allylic oxidation sites excluding steroid dienone is 7. The van der Waals surface area contributed by atoms with Crippen molar-refractivity contribution in [3.8, 4) is 0 Å². The number of hydrogen-bond donors (Lipinski definition) is 1. The zero-order valence-electron chi connectivity index (χ0n) is 46.0. The lowest BCUT2D eigenvalue weighted by Gasteiger charge is -2.30. The van der Waals surface area contributed by atoms with E-state index < -0.39 is 26.6 Å². The van der Waals surface area contributed by atoms with Gasteiger partial charge in [0, 0.05) is 12.8 Å². The second-order valence-electron chi connectivity index (χ2n) is 20.8. The van der Waals surface area contributed by atoms with Crippen LogP contribution in [0.5, 0.6) is 0 Å². The van der Waals surface area contributed by atoms with E-state index in [0.29, 0.717) is 17.4 Å². The number of unbranched alkanes of at least 4 members (excludes halogenated alkanes) is 30. The Morgan fingerprint density at radius 3 is 1.35 bits per heavy atom. The van der Waals surface area contributed by atoms with Crippen molar-refractivity contribution in [3.63, 3.8) is 0 Å². The van der Waals surface area contributed by atoms with E-state index in [1.54, 1.807) is 0 Å². The molecule has 0 aliphatic carbocycles. The van der Waals surface area contributed by atoms with Crippen molar-refractivity contribution < 1.29 is 37.3 Å². The lowest BCUT2D eigenvalue weighted by atomic mass is 10.0. The summed E-state index contributed by atoms with van der Waals surface area (Å²) in [7, 11) is 1.18. The van der Waals surface area contributed by atoms with Gasteiger partial charge >= 0.3 is 5.97 Å². The van der Waals surface area contributed by atoms with Gasteiger partial charge in [-0.2, -0.15) is 0 Å². The van der Waals surface area contributed by atoms with Crippen molar-refractivity contribution >= 4 is 19.7 Å². The van der Waals surface area contributed by atoms with Gasteiger partial charge in [-0.3, -0.25) is 14.2 Å². The zero-order valence-corrected chi connectivity index (χ0v) is 46.9. The second-order valence-corrected chi connectivity index (χ2v) is 22.2. The van der Waals surface area contributed by atoms with Crippen LogP contribution in [0.15, 0.2) is 48.6 Å². The first-order chi connectivity index (χ1) is 33.4. The molecule has 1 N–H and O–H groups in total. The maximum Gasteiger partial charge on any atom is 0.306 e. The monoisotopic (exact) mass is 991 g/mol. The maximum atomic E-state index is 13.5. The van der Waals surface area contributed by atoms with Crippen LogP contribution in [0.25, 0.3) is 0 Å². The molecular weight excluding hydrogens is 880 g/mol. The SMILES string of the molecule is CCCCC/C=C\C/C=C\C/C=C\CCCCCCCCC(=O)NC(COP(=O)([O-])OCC[N+](C)(C)C)C(/C=C/CCCCCCCCCCCCC)OC(=O)CCCCCCCCCCCCC. The largest absolute Gasteiger partial charge is 0.756 e. The Kier molecular flexibility index (Phi) is 48.1. The highest BCUT2D eigenvalue weighted by Gasteiger charge is 2.27. The molecule has 0 aliphatic rings. The molecule has 0 aromatic heterocycles. The van der Waals surface area contributed by atoms with Crippen LogP contribution in [0.3, 0.4) is 0 Å². The molecule has 3 unspecified atom stereocenters. The quantitative estimate of drug-likeness (QED) is 0.0212. The van der Waals surface area contributed by atoms with Crippen molar-refractivity contribution in [2.75, 3.05) is 40.9 Å². The number of carbonyl (C=O) groups is 2. The Labute approximate surface area is 427 Å². The van der Waals surface area contributed by atoms with Crippen molar-refractivity contribution in [2.24, 2.45) is 0 Å². The summed E-state index contributed by atoms with van der Waals surface area (Å²) in [6.07, 6.45) is 59.2. The molecule has 1 amide bonds. The summed E-state index contributed by atoms with van der Waals surface area (Å²) < 4.78 is 30.2. The normalized spacial score (nSPS) is 14.1. The van der Waals surface area contributed by atoms with Gasteiger partial charge in [-0.25, -0.2) is 0 Å². The van der Waals surface area contributed by atoms with Crippen LogP contribution in [0.2, 0.25) is 0 Å². The first kappa shape index (κ1) is 67.0. The number of nitrogens with zero attached hydrogens (tertiary/aromatic N) is 1. The van der Waals surface area contributed by atoms with E-state index in [0.717, 1.165) is 89.9 Å². The van der Waals surface area contributed by atoms with Gasteiger partial charge in [0.15, 0.2) is 0 Å². The summed E-state index contributed by atoms with van der Waals surface area (Å²) in [6, 6.07) is -0.891. The number of quaternary nitrogens is 1. The van der Waals surface area contributed by atoms with Gasteiger partial charge in [-0.05, 0) is 70.3 Å². The van der Waals surface area contributed by atoms with Crippen molar-refractivity contribution in [3.05, 3.63) is 48.6 Å². The summed E-state index contributed by atoms with van der Waals surface area (Å²) >= 11 is 0. The second kappa shape index (κ2) is 49.5. The van der Waals surface area contributed by atoms with Crippen molar-refractivity contribution in [2.45, 2.75) is 277 Å². The zero-order chi connectivity index (χ0) is 50.8. The van der Waals surface area contributed by atoms with Gasteiger partial charge in [0.25, 0.3) is 7.82 Å². The van der Waals surface area contributed by atoms with Crippen LogP contribution < -0.4 is 10.2 Å². The third kappa shape index (κ3) is 50.7. The molecule has 9 nitrogen and oxygen atoms in total. The highest BCUT2D eigenvalue weighted by molar-refractivity contribution is 7.45. The van der Waals surface area contributed by atoms with Gasteiger partial charge in [-0.1, -0.05) is 230 Å². The average Bonchev–Trinajstić information content (AvgIpc) is 3.31. The fourth-order valence-electron chi connectivity index (χ4n) is 8.23. The molecule has 0 aromatic rings. The molecule has 3 atom stereocenters. The number of ether oxygens (including phenoxy) is 1. The molecule has 0 saturated carbocycles. The van der Waals surface area contributed by atoms with Crippen molar-refractivity contribution in [1.29, 1.82) is 0 Å². The van der Waals surface area contributed by atoms with Gasteiger partial charge in [0.05, 0.1) is 33.8 Å². The summed E-state index contributed by atoms with van der Waals surface area (Å²) in [5, 5.41) is 3.02. The number of esters is 1. The minimum absolute atomic E-state index is 0.0244. The van der Waals surface area contributed by atoms with E-state index in [1.165, 1.54) is 141 Å². The lowest BCUT2D eigenvalue weighted by molar-refractivity contribution is -0.870. The fraction of sp³-hybridized carbons (Fsp3) is 0.831. The van der Waals surface area contributed by atoms with Crippen LogP contribution in [0, 0.1) is 0 Å². The summed E-state index contributed by atoms with van der Waals surface area (Å²) in [5.41, 5.74) is 0. The third-order valence-corrected chi connectivity index (χ3v) is 13.7. The van der Waals surface area contributed by atoms with E-state index in [-0.39, 0.29) is 24.9 Å². The molecule has 404 valence electrons. The molecule has 10 heteroatoms. The number of hydrogen-bond acceptors (Lipinski definition) is 7. The molecule has 0 fully saturated rings. The van der Waals surface area contributed by atoms with Crippen LogP contribution in [-0.4, -0.2) is 69.4 Å². The number of likely N-dealkylation sites (N-methyl/N-ethyl adjacent to an activating group) is 1. The highest BCUT2D eigenvalue weighted by atomic mass is 31.2. The summed E-state index contributed by atoms with van der Waals surface area (Å²) in [6.45, 7) is 6.80. The van der Waals surface area contributed by atoms with Gasteiger partial charge in [0.2, 0.25) is 5.91 Å². The van der Waals surface area contributed by atoms with Crippen LogP contribution >= 0.6 is 7.82 Å². The van der Waals surface area contributed by atoms with Gasteiger partial charge in [-0.15, -0.1) is 0 Å². The Morgan fingerprint density at radius 1 is 0.507 bits per heavy atom. The first-order valence-corrected chi connectivity index (χ1v) is 30.4. The smallest absolute Gasteiger partial charge is 0.306 e. The predicted octanol–water partition coefficient (Wildman–Crippen LogP) is 16.7. The third-order valence-electron chi connectivity index (χ3n) is 12.8. The van der Waals surface area contributed by atoms with Crippen molar-refractivity contribution in [1.82, 2.24) is 5.32 Å². The highest BCUT2D eigenvalue weighted by Crippen LogP contribution is 2.38. The minimum Gasteiger partial charge on any atom is -0.756 e. The topological polar surface area (TPSA) is 114 Å². The first-order valence-electron chi connectivity index (χ1n) is 28.9. The lowest BCUT2D eigenvalue weighted by Crippen LogP contribution is -2.47. The molecule has 0 heterocycles. The molecule has 0 radical (unpaired) electrons. The Balaban J connectivity index is 5.33. The minimum atomic E-state index is -4.69. The molecule has 0 aromatic carbocycles. The van der Waals surface area contributed by atoms with Gasteiger partial charge in [0.1, 0.15) is 19.3 Å². The van der Waals surface area contributed by atoms with Gasteiger partial charge < -0.3 is 28.5 Å². The van der Waals surface area contributed by atoms with E-state index in [1.807, 2.05) is 33.3 Å². The predicted molar refractivity (Wildman–Crippen MR) is 293 cm³/mol. The molecule has 0 aliphatic heterocycles.